The lowest BCUT2D eigenvalue weighted by molar-refractivity contribution is 0.324. The van der Waals surface area contributed by atoms with E-state index in [1.54, 1.807) is 12.1 Å². The van der Waals surface area contributed by atoms with E-state index in [2.05, 4.69) is 14.7 Å². The fourth-order valence-corrected chi connectivity index (χ4v) is 5.07. The molecule has 1 atom stereocenters. The third-order valence-corrected chi connectivity index (χ3v) is 6.89. The largest absolute Gasteiger partial charge is 0.297 e. The number of rotatable bonds is 6. The summed E-state index contributed by atoms with van der Waals surface area (Å²) < 4.78 is 30.1. The van der Waals surface area contributed by atoms with E-state index in [0.29, 0.717) is 12.1 Å². The van der Waals surface area contributed by atoms with Gasteiger partial charge in [0.05, 0.1) is 28.4 Å². The van der Waals surface area contributed by atoms with Crippen molar-refractivity contribution < 1.29 is 8.42 Å². The maximum atomic E-state index is 12.7. The Morgan fingerprint density at radius 3 is 2.77 bits per heavy atom. The van der Waals surface area contributed by atoms with Gasteiger partial charge >= 0.3 is 0 Å². The summed E-state index contributed by atoms with van der Waals surface area (Å²) >= 11 is 0. The monoisotopic (exact) mass is 421 g/mol. The van der Waals surface area contributed by atoms with Crippen molar-refractivity contribution >= 4 is 10.0 Å². The Kier molecular flexibility index (Phi) is 5.68. The van der Waals surface area contributed by atoms with Gasteiger partial charge in [-0.3, -0.25) is 4.90 Å². The van der Waals surface area contributed by atoms with Gasteiger partial charge in [0.15, 0.2) is 0 Å². The lowest BCUT2D eigenvalue weighted by Gasteiger charge is -2.17. The summed E-state index contributed by atoms with van der Waals surface area (Å²) in [5.41, 5.74) is 3.56. The van der Waals surface area contributed by atoms with Crippen molar-refractivity contribution in [3.8, 4) is 11.8 Å². The molecule has 30 heavy (non-hydrogen) atoms. The van der Waals surface area contributed by atoms with Crippen molar-refractivity contribution in [2.24, 2.45) is 0 Å². The van der Waals surface area contributed by atoms with Gasteiger partial charge in [-0.15, -0.1) is 0 Å². The van der Waals surface area contributed by atoms with E-state index in [4.69, 9.17) is 5.26 Å². The summed E-state index contributed by atoms with van der Waals surface area (Å²) in [4.78, 5) is 2.36. The van der Waals surface area contributed by atoms with Crippen LogP contribution >= 0.6 is 0 Å². The van der Waals surface area contributed by atoms with Gasteiger partial charge in [0.2, 0.25) is 10.0 Å². The lowest BCUT2D eigenvalue weighted by atomic mass is 10.2. The zero-order chi connectivity index (χ0) is 21.1. The molecular weight excluding hydrogens is 398 g/mol. The number of likely N-dealkylation sites (tertiary alicyclic amines) is 1. The number of aromatic nitrogens is 2. The number of hydrogen-bond acceptors (Lipinski definition) is 5. The minimum Gasteiger partial charge on any atom is -0.297 e. The second kappa shape index (κ2) is 8.40. The van der Waals surface area contributed by atoms with Crippen molar-refractivity contribution in [1.82, 2.24) is 19.4 Å². The van der Waals surface area contributed by atoms with E-state index in [1.807, 2.05) is 54.2 Å². The zero-order valence-corrected chi connectivity index (χ0v) is 17.5. The third kappa shape index (κ3) is 4.28. The predicted molar refractivity (Wildman–Crippen MR) is 113 cm³/mol. The summed E-state index contributed by atoms with van der Waals surface area (Å²) in [7, 11) is -3.66. The molecule has 7 nitrogen and oxygen atoms in total. The van der Waals surface area contributed by atoms with Crippen LogP contribution in [0.4, 0.5) is 0 Å². The number of sulfonamides is 1. The molecule has 2 heterocycles. The van der Waals surface area contributed by atoms with Crippen LogP contribution in [0.5, 0.6) is 0 Å². The van der Waals surface area contributed by atoms with Crippen molar-refractivity contribution in [2.45, 2.75) is 30.8 Å². The molecule has 0 spiro atoms. The summed E-state index contributed by atoms with van der Waals surface area (Å²) in [6.07, 6.45) is 2.62. The molecule has 1 aliphatic heterocycles. The van der Waals surface area contributed by atoms with Crippen LogP contribution in [-0.2, 0) is 16.6 Å². The fraction of sp³-hybridized carbons (Fsp3) is 0.273. The zero-order valence-electron chi connectivity index (χ0n) is 16.7. The number of nitrogens with one attached hydrogen (secondary N) is 1. The first-order valence-corrected chi connectivity index (χ1v) is 11.3. The van der Waals surface area contributed by atoms with Crippen molar-refractivity contribution in [1.29, 1.82) is 5.26 Å². The van der Waals surface area contributed by atoms with Crippen molar-refractivity contribution in [2.75, 3.05) is 13.1 Å². The summed E-state index contributed by atoms with van der Waals surface area (Å²) in [6, 6.07) is 17.9. The molecule has 0 radical (unpaired) electrons. The van der Waals surface area contributed by atoms with E-state index >= 15 is 0 Å². The first-order valence-electron chi connectivity index (χ1n) is 9.80. The molecule has 0 saturated carbocycles. The molecule has 1 saturated heterocycles. The smallest absolute Gasteiger partial charge is 0.240 e. The van der Waals surface area contributed by atoms with Gasteiger partial charge in [-0.25, -0.2) is 17.8 Å². The number of nitrogens with zero attached hydrogens (tertiary/aromatic N) is 4. The molecule has 8 heteroatoms. The standard InChI is InChI=1S/C22H23N5O2S/c1-17-19(14-24-27(17)21-7-3-2-4-8-21)15-26-11-10-20(16-26)25-30(28,29)22-9-5-6-18(12-22)13-23/h2-9,12,14,20,25H,10-11,15-16H2,1H3/t20-/m1/s1. The molecule has 3 aromatic rings. The number of benzene rings is 2. The summed E-state index contributed by atoms with van der Waals surface area (Å²) in [5.74, 6) is 0. The van der Waals surface area contributed by atoms with E-state index in [9.17, 15) is 8.42 Å². The van der Waals surface area contributed by atoms with E-state index in [1.165, 1.54) is 12.1 Å². The third-order valence-electron chi connectivity index (χ3n) is 5.37. The lowest BCUT2D eigenvalue weighted by Crippen LogP contribution is -2.37. The van der Waals surface area contributed by atoms with Crippen LogP contribution in [0.1, 0.15) is 23.2 Å². The van der Waals surface area contributed by atoms with Gasteiger partial charge in [-0.1, -0.05) is 24.3 Å². The molecule has 0 aliphatic carbocycles. The molecular formula is C22H23N5O2S. The minimum atomic E-state index is -3.66. The molecule has 0 amide bonds. The molecule has 1 aromatic heterocycles. The topological polar surface area (TPSA) is 91.0 Å². The van der Waals surface area contributed by atoms with Gasteiger partial charge in [0.1, 0.15) is 0 Å². The van der Waals surface area contributed by atoms with E-state index in [-0.39, 0.29) is 10.9 Å². The second-order valence-corrected chi connectivity index (χ2v) is 9.20. The Morgan fingerprint density at radius 1 is 1.20 bits per heavy atom. The maximum absolute atomic E-state index is 12.7. The van der Waals surface area contributed by atoms with Gasteiger partial charge in [-0.05, 0) is 43.7 Å². The Labute approximate surface area is 176 Å². The summed E-state index contributed by atoms with van der Waals surface area (Å²) in [6.45, 7) is 4.21. The quantitative estimate of drug-likeness (QED) is 0.661. The van der Waals surface area contributed by atoms with Gasteiger partial charge in [-0.2, -0.15) is 10.4 Å². The Bertz CT molecular complexity index is 1180. The van der Waals surface area contributed by atoms with Crippen LogP contribution in [0, 0.1) is 18.3 Å². The van der Waals surface area contributed by atoms with Crippen LogP contribution in [0.2, 0.25) is 0 Å². The van der Waals surface area contributed by atoms with Crippen LogP contribution in [0.3, 0.4) is 0 Å². The Morgan fingerprint density at radius 2 is 2.00 bits per heavy atom. The van der Waals surface area contributed by atoms with E-state index < -0.39 is 10.0 Å². The molecule has 0 bridgehead atoms. The maximum Gasteiger partial charge on any atom is 0.240 e. The number of hydrogen-bond donors (Lipinski definition) is 1. The molecule has 1 N–H and O–H groups in total. The average molecular weight is 422 g/mol. The molecule has 1 fully saturated rings. The highest BCUT2D eigenvalue weighted by Crippen LogP contribution is 2.20. The first kappa shape index (κ1) is 20.3. The molecule has 2 aromatic carbocycles. The number of nitriles is 1. The fourth-order valence-electron chi connectivity index (χ4n) is 3.76. The SMILES string of the molecule is Cc1c(CN2CC[C@@H](NS(=O)(=O)c3cccc(C#N)c3)C2)cnn1-c1ccccc1. The highest BCUT2D eigenvalue weighted by Gasteiger charge is 2.28. The van der Waals surface area contributed by atoms with Gasteiger partial charge < -0.3 is 0 Å². The number of para-hydroxylation sites is 1. The predicted octanol–water partition coefficient (Wildman–Crippen LogP) is 2.61. The van der Waals surface area contributed by atoms with Crippen LogP contribution in [0.25, 0.3) is 5.69 Å². The average Bonchev–Trinajstić information content (AvgIpc) is 3.35. The minimum absolute atomic E-state index is 0.125. The van der Waals surface area contributed by atoms with Crippen LogP contribution in [0.15, 0.2) is 65.7 Å². The van der Waals surface area contributed by atoms with Crippen molar-refractivity contribution in [3.63, 3.8) is 0 Å². The second-order valence-electron chi connectivity index (χ2n) is 7.48. The molecule has 1 aliphatic rings. The molecule has 4 rings (SSSR count). The highest BCUT2D eigenvalue weighted by atomic mass is 32.2. The van der Waals surface area contributed by atoms with Crippen LogP contribution in [-0.4, -0.2) is 42.2 Å². The van der Waals surface area contributed by atoms with Crippen LogP contribution < -0.4 is 4.72 Å². The highest BCUT2D eigenvalue weighted by molar-refractivity contribution is 7.89. The van der Waals surface area contributed by atoms with Gasteiger partial charge in [0.25, 0.3) is 0 Å². The Balaban J connectivity index is 1.41. The van der Waals surface area contributed by atoms with E-state index in [0.717, 1.165) is 36.5 Å². The van der Waals surface area contributed by atoms with Gasteiger partial charge in [0, 0.05) is 36.9 Å². The van der Waals surface area contributed by atoms with Crippen molar-refractivity contribution in [3.05, 3.63) is 77.6 Å². The first-order chi connectivity index (χ1) is 14.5. The Hall–Kier alpha value is -2.99. The molecule has 154 valence electrons. The summed E-state index contributed by atoms with van der Waals surface area (Å²) in [5, 5.41) is 13.5. The normalized spacial score (nSPS) is 17.1. The molecule has 0 unspecified atom stereocenters.